The lowest BCUT2D eigenvalue weighted by molar-refractivity contribution is -0.149. The molecule has 0 spiro atoms. The molecule has 0 aromatic rings. The summed E-state index contributed by atoms with van der Waals surface area (Å²) < 4.78 is 5.30. The Morgan fingerprint density at radius 3 is 2.33 bits per heavy atom. The second-order valence-corrected chi connectivity index (χ2v) is 4.56. The van der Waals surface area contributed by atoms with Crippen molar-refractivity contribution in [2.75, 3.05) is 20.2 Å². The van der Waals surface area contributed by atoms with Gasteiger partial charge >= 0.3 is 5.97 Å². The van der Waals surface area contributed by atoms with Crippen molar-refractivity contribution in [1.82, 2.24) is 4.90 Å². The lowest BCUT2D eigenvalue weighted by atomic mass is 9.78. The largest absolute Gasteiger partial charge is 0.481 e. The van der Waals surface area contributed by atoms with Crippen molar-refractivity contribution in [1.29, 1.82) is 0 Å². The van der Waals surface area contributed by atoms with E-state index in [0.29, 0.717) is 12.1 Å². The zero-order valence-electron chi connectivity index (χ0n) is 9.19. The molecule has 4 heteroatoms. The van der Waals surface area contributed by atoms with Gasteiger partial charge in [0.05, 0.1) is 12.0 Å². The molecule has 4 nitrogen and oxygen atoms in total. The van der Waals surface area contributed by atoms with Gasteiger partial charge in [-0.2, -0.15) is 0 Å². The molecule has 1 aliphatic heterocycles. The molecule has 0 aromatic carbocycles. The van der Waals surface area contributed by atoms with Crippen molar-refractivity contribution in [2.24, 2.45) is 5.92 Å². The Kier molecular flexibility index (Phi) is 3.26. The smallest absolute Gasteiger partial charge is 0.308 e. The van der Waals surface area contributed by atoms with Crippen LogP contribution in [-0.4, -0.2) is 48.3 Å². The molecular formula is C11H19NO3. The van der Waals surface area contributed by atoms with Gasteiger partial charge in [-0.25, -0.2) is 0 Å². The fourth-order valence-corrected chi connectivity index (χ4v) is 2.65. The predicted molar refractivity (Wildman–Crippen MR) is 55.8 cm³/mol. The number of carboxylic acids is 1. The van der Waals surface area contributed by atoms with Gasteiger partial charge in [-0.1, -0.05) is 0 Å². The zero-order chi connectivity index (χ0) is 10.8. The quantitative estimate of drug-likeness (QED) is 0.758. The van der Waals surface area contributed by atoms with E-state index in [9.17, 15) is 4.79 Å². The number of nitrogens with zero attached hydrogens (tertiary/aromatic N) is 1. The number of piperidine rings is 1. The summed E-state index contributed by atoms with van der Waals surface area (Å²) in [5.41, 5.74) is 0. The Morgan fingerprint density at radius 1 is 1.27 bits per heavy atom. The summed E-state index contributed by atoms with van der Waals surface area (Å²) in [6.45, 7) is 1.99. The highest BCUT2D eigenvalue weighted by atomic mass is 16.5. The number of likely N-dealkylation sites (tertiary alicyclic amines) is 1. The summed E-state index contributed by atoms with van der Waals surface area (Å²) in [5, 5.41) is 8.98. The lowest BCUT2D eigenvalue weighted by Crippen LogP contribution is -2.53. The molecule has 0 radical (unpaired) electrons. The van der Waals surface area contributed by atoms with Crippen LogP contribution >= 0.6 is 0 Å². The first-order valence-corrected chi connectivity index (χ1v) is 5.72. The molecule has 2 rings (SSSR count). The molecule has 1 aliphatic carbocycles. The van der Waals surface area contributed by atoms with Gasteiger partial charge in [0.15, 0.2) is 0 Å². The fraction of sp³-hybridized carbons (Fsp3) is 0.909. The highest BCUT2D eigenvalue weighted by Crippen LogP contribution is 2.34. The van der Waals surface area contributed by atoms with Crippen LogP contribution in [0.2, 0.25) is 0 Å². The van der Waals surface area contributed by atoms with Gasteiger partial charge in [-0.3, -0.25) is 9.69 Å². The van der Waals surface area contributed by atoms with Crippen molar-refractivity contribution >= 4 is 5.97 Å². The molecule has 1 saturated heterocycles. The third kappa shape index (κ3) is 2.16. The Balaban J connectivity index is 1.83. The predicted octanol–water partition coefficient (Wildman–Crippen LogP) is 0.960. The van der Waals surface area contributed by atoms with E-state index in [1.165, 1.54) is 0 Å². The summed E-state index contributed by atoms with van der Waals surface area (Å²) in [5.74, 6) is -0.746. The molecule has 1 saturated carbocycles. The van der Waals surface area contributed by atoms with E-state index in [0.717, 1.165) is 38.8 Å². The van der Waals surface area contributed by atoms with E-state index < -0.39 is 5.97 Å². The molecule has 0 amide bonds. The second kappa shape index (κ2) is 4.49. The van der Waals surface area contributed by atoms with Crippen LogP contribution in [0.1, 0.15) is 25.7 Å². The van der Waals surface area contributed by atoms with E-state index in [4.69, 9.17) is 9.84 Å². The van der Waals surface area contributed by atoms with Crippen molar-refractivity contribution in [3.63, 3.8) is 0 Å². The third-order valence-electron chi connectivity index (χ3n) is 3.83. The van der Waals surface area contributed by atoms with Crippen molar-refractivity contribution < 1.29 is 14.6 Å². The van der Waals surface area contributed by atoms with Crippen molar-refractivity contribution in [3.8, 4) is 0 Å². The summed E-state index contributed by atoms with van der Waals surface area (Å²) in [7, 11) is 1.75. The van der Waals surface area contributed by atoms with Crippen LogP contribution < -0.4 is 0 Å². The number of hydrogen-bond donors (Lipinski definition) is 1. The van der Waals surface area contributed by atoms with Crippen molar-refractivity contribution in [3.05, 3.63) is 0 Å². The SMILES string of the molecule is COC1CCN(C2CCC2C(=O)O)CC1. The van der Waals surface area contributed by atoms with Gasteiger partial charge in [0.2, 0.25) is 0 Å². The van der Waals surface area contributed by atoms with Crippen LogP contribution in [0.15, 0.2) is 0 Å². The molecular weight excluding hydrogens is 194 g/mol. The average molecular weight is 213 g/mol. The molecule has 2 fully saturated rings. The van der Waals surface area contributed by atoms with E-state index in [1.54, 1.807) is 7.11 Å². The first-order valence-electron chi connectivity index (χ1n) is 5.72. The molecule has 15 heavy (non-hydrogen) atoms. The first-order chi connectivity index (χ1) is 7.22. The van der Waals surface area contributed by atoms with Crippen LogP contribution in [0.5, 0.6) is 0 Å². The van der Waals surface area contributed by atoms with Gasteiger partial charge < -0.3 is 9.84 Å². The third-order valence-corrected chi connectivity index (χ3v) is 3.83. The Hall–Kier alpha value is -0.610. The normalized spacial score (nSPS) is 33.7. The van der Waals surface area contributed by atoms with E-state index >= 15 is 0 Å². The van der Waals surface area contributed by atoms with Crippen LogP contribution in [-0.2, 0) is 9.53 Å². The monoisotopic (exact) mass is 213 g/mol. The number of carboxylic acid groups (broad SMARTS) is 1. The Bertz CT molecular complexity index is 236. The maximum Gasteiger partial charge on any atom is 0.308 e. The van der Waals surface area contributed by atoms with Gasteiger partial charge in [0.25, 0.3) is 0 Å². The standard InChI is InChI=1S/C11H19NO3/c1-15-8-4-6-12(7-5-8)10-3-2-9(10)11(13)14/h8-10H,2-7H2,1H3,(H,13,14). The molecule has 1 N–H and O–H groups in total. The molecule has 2 atom stereocenters. The number of rotatable bonds is 3. The summed E-state index contributed by atoms with van der Waals surface area (Å²) in [6, 6.07) is 0.292. The molecule has 86 valence electrons. The van der Waals surface area contributed by atoms with Gasteiger partial charge in [-0.15, -0.1) is 0 Å². The van der Waals surface area contributed by atoms with Crippen LogP contribution in [0.3, 0.4) is 0 Å². The van der Waals surface area contributed by atoms with Crippen LogP contribution in [0.4, 0.5) is 0 Å². The first kappa shape index (κ1) is 10.9. The van der Waals surface area contributed by atoms with Crippen LogP contribution in [0.25, 0.3) is 0 Å². The summed E-state index contributed by atoms with van der Waals surface area (Å²) in [4.78, 5) is 13.2. The van der Waals surface area contributed by atoms with E-state index in [1.807, 2.05) is 0 Å². The maximum absolute atomic E-state index is 10.9. The number of methoxy groups -OCH3 is 1. The molecule has 0 bridgehead atoms. The number of aliphatic carboxylic acids is 1. The van der Waals surface area contributed by atoms with E-state index in [2.05, 4.69) is 4.90 Å². The molecule has 2 aliphatic rings. The fourth-order valence-electron chi connectivity index (χ4n) is 2.65. The number of carbonyl (C=O) groups is 1. The van der Waals surface area contributed by atoms with Gasteiger partial charge in [-0.05, 0) is 25.7 Å². The van der Waals surface area contributed by atoms with Crippen LogP contribution in [0, 0.1) is 5.92 Å². The van der Waals surface area contributed by atoms with E-state index in [-0.39, 0.29) is 5.92 Å². The Labute approximate surface area is 90.2 Å². The number of ether oxygens (including phenoxy) is 1. The maximum atomic E-state index is 10.9. The molecule has 2 unspecified atom stereocenters. The molecule has 0 aromatic heterocycles. The Morgan fingerprint density at radius 2 is 1.93 bits per heavy atom. The minimum Gasteiger partial charge on any atom is -0.481 e. The highest BCUT2D eigenvalue weighted by Gasteiger charge is 2.41. The van der Waals surface area contributed by atoms with Gasteiger partial charge in [0.1, 0.15) is 0 Å². The second-order valence-electron chi connectivity index (χ2n) is 4.56. The lowest BCUT2D eigenvalue weighted by Gasteiger charge is -2.45. The van der Waals surface area contributed by atoms with Crippen molar-refractivity contribution in [2.45, 2.75) is 37.8 Å². The average Bonchev–Trinajstić information content (AvgIpc) is 2.16. The summed E-state index contributed by atoms with van der Waals surface area (Å²) in [6.07, 6.45) is 4.36. The minimum absolute atomic E-state index is 0.121. The zero-order valence-corrected chi connectivity index (χ0v) is 9.19. The molecule has 1 heterocycles. The minimum atomic E-state index is -0.625. The highest BCUT2D eigenvalue weighted by molar-refractivity contribution is 5.72. The topological polar surface area (TPSA) is 49.8 Å². The van der Waals surface area contributed by atoms with Gasteiger partial charge in [0, 0.05) is 26.2 Å². The summed E-state index contributed by atoms with van der Waals surface area (Å²) >= 11 is 0. The number of hydrogen-bond acceptors (Lipinski definition) is 3.